The zero-order chi connectivity index (χ0) is 18.7. The fourth-order valence-corrected chi connectivity index (χ4v) is 2.02. The maximum absolute atomic E-state index is 12.2. The molecule has 0 heterocycles. The van der Waals surface area contributed by atoms with Crippen LogP contribution in [0.25, 0.3) is 0 Å². The van der Waals surface area contributed by atoms with Crippen molar-refractivity contribution < 1.29 is 38.4 Å². The van der Waals surface area contributed by atoms with E-state index in [1.54, 1.807) is 6.92 Å². The molecule has 0 fully saturated rings. The van der Waals surface area contributed by atoms with Crippen LogP contribution in [-0.2, 0) is 30.2 Å². The predicted octanol–water partition coefficient (Wildman–Crippen LogP) is 1.33. The van der Waals surface area contributed by atoms with Gasteiger partial charge in [0.05, 0.1) is 26.2 Å². The van der Waals surface area contributed by atoms with E-state index in [4.69, 9.17) is 23.7 Å². The van der Waals surface area contributed by atoms with Gasteiger partial charge in [0, 0.05) is 20.3 Å². The number of rotatable bonds is 11. The number of carbonyl (C=O) groups is 2. The summed E-state index contributed by atoms with van der Waals surface area (Å²) >= 11 is 0. The van der Waals surface area contributed by atoms with E-state index >= 15 is 0 Å². The quantitative estimate of drug-likeness (QED) is 0.468. The molecule has 8 nitrogen and oxygen atoms in total. The number of ether oxygens (including phenoxy) is 5. The van der Waals surface area contributed by atoms with Gasteiger partial charge in [-0.15, -0.1) is 0 Å². The largest absolute Gasteiger partial charge is 0.507 e. The lowest BCUT2D eigenvalue weighted by Crippen LogP contribution is -2.17. The molecule has 0 aliphatic carbocycles. The molecule has 0 unspecified atom stereocenters. The van der Waals surface area contributed by atoms with Crippen molar-refractivity contribution in [3.8, 4) is 11.5 Å². The third-order valence-electron chi connectivity index (χ3n) is 3.09. The molecule has 0 saturated carbocycles. The summed E-state index contributed by atoms with van der Waals surface area (Å²) in [6.45, 7) is 2.76. The average molecular weight is 356 g/mol. The van der Waals surface area contributed by atoms with Crippen molar-refractivity contribution in [1.29, 1.82) is 0 Å². The van der Waals surface area contributed by atoms with Crippen molar-refractivity contribution in [2.45, 2.75) is 13.3 Å². The Kier molecular flexibility index (Phi) is 9.34. The van der Waals surface area contributed by atoms with E-state index < -0.39 is 11.9 Å². The molecule has 0 aliphatic heterocycles. The van der Waals surface area contributed by atoms with Gasteiger partial charge in [-0.2, -0.15) is 0 Å². The molecule has 140 valence electrons. The highest BCUT2D eigenvalue weighted by Crippen LogP contribution is 2.29. The second kappa shape index (κ2) is 11.3. The van der Waals surface area contributed by atoms with Crippen LogP contribution < -0.4 is 4.74 Å². The van der Waals surface area contributed by atoms with Crippen LogP contribution in [0.15, 0.2) is 12.1 Å². The van der Waals surface area contributed by atoms with Crippen molar-refractivity contribution in [1.82, 2.24) is 0 Å². The van der Waals surface area contributed by atoms with Crippen LogP contribution in [0.5, 0.6) is 11.5 Å². The van der Waals surface area contributed by atoms with Crippen LogP contribution >= 0.6 is 0 Å². The average Bonchev–Trinajstić information content (AvgIpc) is 2.55. The molecule has 0 aromatic heterocycles. The summed E-state index contributed by atoms with van der Waals surface area (Å²) in [4.78, 5) is 24.2. The van der Waals surface area contributed by atoms with E-state index in [0.717, 1.165) is 0 Å². The number of methoxy groups -OCH3 is 2. The van der Waals surface area contributed by atoms with E-state index in [1.807, 2.05) is 0 Å². The third kappa shape index (κ3) is 6.98. The van der Waals surface area contributed by atoms with Gasteiger partial charge in [0.2, 0.25) is 0 Å². The van der Waals surface area contributed by atoms with Crippen molar-refractivity contribution in [3.05, 3.63) is 23.3 Å². The lowest BCUT2D eigenvalue weighted by Gasteiger charge is -2.14. The smallest absolute Gasteiger partial charge is 0.342 e. The van der Waals surface area contributed by atoms with Gasteiger partial charge in [0.15, 0.2) is 0 Å². The van der Waals surface area contributed by atoms with E-state index in [1.165, 1.54) is 26.4 Å². The first-order valence-electron chi connectivity index (χ1n) is 7.82. The molecule has 0 amide bonds. The monoisotopic (exact) mass is 356 g/mol. The number of carbonyl (C=O) groups excluding carboxylic acids is 2. The normalized spacial score (nSPS) is 10.4. The molecule has 0 radical (unpaired) electrons. The van der Waals surface area contributed by atoms with Crippen LogP contribution in [-0.4, -0.2) is 64.3 Å². The predicted molar refractivity (Wildman–Crippen MR) is 88.0 cm³/mol. The molecular formula is C17H24O8. The standard InChI is InChI=1S/C17H24O8/c1-4-23-13-9-12(10-15(19)24-7-5-21-2)16(14(18)11-13)17(20)25-8-6-22-3/h9,11,18H,4-8,10H2,1-3H3. The first-order valence-corrected chi connectivity index (χ1v) is 7.82. The van der Waals surface area contributed by atoms with Crippen LogP contribution in [0.1, 0.15) is 22.8 Å². The number of phenolic OH excluding ortho intramolecular Hbond substituents is 1. The SMILES string of the molecule is CCOc1cc(O)c(C(=O)OCCOC)c(CC(=O)OCCOC)c1. The zero-order valence-electron chi connectivity index (χ0n) is 14.7. The van der Waals surface area contributed by atoms with E-state index in [0.29, 0.717) is 12.4 Å². The molecule has 0 atom stereocenters. The molecule has 1 aromatic rings. The summed E-state index contributed by atoms with van der Waals surface area (Å²) in [5.74, 6) is -1.30. The summed E-state index contributed by atoms with van der Waals surface area (Å²) in [6, 6.07) is 2.81. The van der Waals surface area contributed by atoms with Gasteiger partial charge in [-0.3, -0.25) is 4.79 Å². The van der Waals surface area contributed by atoms with Crippen LogP contribution in [0, 0.1) is 0 Å². The lowest BCUT2D eigenvalue weighted by atomic mass is 10.0. The van der Waals surface area contributed by atoms with Gasteiger partial charge in [-0.05, 0) is 18.6 Å². The van der Waals surface area contributed by atoms with E-state index in [-0.39, 0.29) is 49.7 Å². The van der Waals surface area contributed by atoms with Crippen molar-refractivity contribution in [3.63, 3.8) is 0 Å². The first kappa shape index (κ1) is 20.7. The highest BCUT2D eigenvalue weighted by Gasteiger charge is 2.22. The van der Waals surface area contributed by atoms with Crippen molar-refractivity contribution in [2.24, 2.45) is 0 Å². The van der Waals surface area contributed by atoms with E-state index in [2.05, 4.69) is 0 Å². The van der Waals surface area contributed by atoms with Gasteiger partial charge in [-0.25, -0.2) is 4.79 Å². The molecule has 1 aromatic carbocycles. The molecule has 0 saturated heterocycles. The summed E-state index contributed by atoms with van der Waals surface area (Å²) in [5, 5.41) is 10.2. The number of aromatic hydroxyl groups is 1. The fourth-order valence-electron chi connectivity index (χ4n) is 2.02. The number of esters is 2. The van der Waals surface area contributed by atoms with Crippen LogP contribution in [0.4, 0.5) is 0 Å². The lowest BCUT2D eigenvalue weighted by molar-refractivity contribution is -0.144. The fraction of sp³-hybridized carbons (Fsp3) is 0.529. The van der Waals surface area contributed by atoms with Crippen molar-refractivity contribution in [2.75, 3.05) is 47.3 Å². The minimum absolute atomic E-state index is 0.0275. The third-order valence-corrected chi connectivity index (χ3v) is 3.09. The van der Waals surface area contributed by atoms with Crippen LogP contribution in [0.3, 0.4) is 0 Å². The molecular weight excluding hydrogens is 332 g/mol. The zero-order valence-corrected chi connectivity index (χ0v) is 14.7. The Balaban J connectivity index is 2.99. The molecule has 0 bridgehead atoms. The molecule has 8 heteroatoms. The Bertz CT molecular complexity index is 570. The highest BCUT2D eigenvalue weighted by atomic mass is 16.6. The summed E-state index contributed by atoms with van der Waals surface area (Å²) in [7, 11) is 2.97. The Morgan fingerprint density at radius 3 is 2.24 bits per heavy atom. The second-order valence-corrected chi connectivity index (χ2v) is 4.93. The first-order chi connectivity index (χ1) is 12.0. The molecule has 0 aliphatic rings. The van der Waals surface area contributed by atoms with Gasteiger partial charge in [0.25, 0.3) is 0 Å². The van der Waals surface area contributed by atoms with Gasteiger partial charge in [-0.1, -0.05) is 0 Å². The minimum atomic E-state index is -0.753. The van der Waals surface area contributed by atoms with Crippen molar-refractivity contribution >= 4 is 11.9 Å². The number of phenols is 1. The number of hydrogen-bond donors (Lipinski definition) is 1. The maximum Gasteiger partial charge on any atom is 0.342 e. The van der Waals surface area contributed by atoms with Gasteiger partial charge in [0.1, 0.15) is 30.3 Å². The molecule has 25 heavy (non-hydrogen) atoms. The molecule has 0 spiro atoms. The topological polar surface area (TPSA) is 101 Å². The van der Waals surface area contributed by atoms with E-state index in [9.17, 15) is 14.7 Å². The summed E-state index contributed by atoms with van der Waals surface area (Å²) in [5.41, 5.74) is 0.163. The minimum Gasteiger partial charge on any atom is -0.507 e. The Morgan fingerprint density at radius 2 is 1.64 bits per heavy atom. The Morgan fingerprint density at radius 1 is 1.00 bits per heavy atom. The molecule has 1 rings (SSSR count). The van der Waals surface area contributed by atoms with Gasteiger partial charge >= 0.3 is 11.9 Å². The van der Waals surface area contributed by atoms with Crippen LogP contribution in [0.2, 0.25) is 0 Å². The van der Waals surface area contributed by atoms with Gasteiger partial charge < -0.3 is 28.8 Å². The summed E-state index contributed by atoms with van der Waals surface area (Å²) < 4.78 is 25.0. The number of hydrogen-bond acceptors (Lipinski definition) is 8. The Labute approximate surface area is 146 Å². The highest BCUT2D eigenvalue weighted by molar-refractivity contribution is 5.95. The molecule has 1 N–H and O–H groups in total. The second-order valence-electron chi connectivity index (χ2n) is 4.93. The number of benzene rings is 1. The maximum atomic E-state index is 12.2. The Hall–Kier alpha value is -2.32. The summed E-state index contributed by atoms with van der Waals surface area (Å²) in [6.07, 6.45) is -0.215.